The van der Waals surface area contributed by atoms with Crippen LogP contribution in [0.4, 0.5) is 16.2 Å². The van der Waals surface area contributed by atoms with Gasteiger partial charge in [-0.1, -0.05) is 17.3 Å². The van der Waals surface area contributed by atoms with Gasteiger partial charge in [-0.2, -0.15) is 0 Å². The van der Waals surface area contributed by atoms with E-state index in [2.05, 4.69) is 16.6 Å². The van der Waals surface area contributed by atoms with Gasteiger partial charge in [-0.15, -0.1) is 6.42 Å². The highest BCUT2D eigenvalue weighted by Gasteiger charge is 2.28. The molecule has 1 saturated heterocycles. The molecule has 1 fully saturated rings. The summed E-state index contributed by atoms with van der Waals surface area (Å²) in [6.07, 6.45) is 3.89. The van der Waals surface area contributed by atoms with E-state index in [0.717, 1.165) is 22.6 Å². The van der Waals surface area contributed by atoms with E-state index in [-0.39, 0.29) is 12.5 Å². The Kier molecular flexibility index (Phi) is 8.06. The first-order valence-corrected chi connectivity index (χ1v) is 11.0. The van der Waals surface area contributed by atoms with Crippen LogP contribution in [0.15, 0.2) is 30.3 Å². The van der Waals surface area contributed by atoms with Gasteiger partial charge in [0.1, 0.15) is 12.6 Å². The van der Waals surface area contributed by atoms with Gasteiger partial charge in [0.2, 0.25) is 5.91 Å². The van der Waals surface area contributed by atoms with E-state index < -0.39 is 24.1 Å². The van der Waals surface area contributed by atoms with Crippen LogP contribution in [0, 0.1) is 19.3 Å². The number of anilines is 2. The highest BCUT2D eigenvalue weighted by molar-refractivity contribution is 7.14. The van der Waals surface area contributed by atoms with Crippen molar-refractivity contribution >= 4 is 40.6 Å². The Morgan fingerprint density at radius 1 is 1.30 bits per heavy atom. The number of methoxy groups -OCH3 is 1. The van der Waals surface area contributed by atoms with Crippen LogP contribution in [0.3, 0.4) is 0 Å². The molecule has 0 radical (unpaired) electrons. The number of terminal acetylenes is 1. The van der Waals surface area contributed by atoms with Crippen LogP contribution in [-0.2, 0) is 19.1 Å². The molecule has 2 unspecified atom stereocenters. The van der Waals surface area contributed by atoms with E-state index >= 15 is 0 Å². The Morgan fingerprint density at radius 2 is 2.09 bits per heavy atom. The topological polar surface area (TPSA) is 106 Å². The van der Waals surface area contributed by atoms with E-state index in [1.807, 2.05) is 6.92 Å². The summed E-state index contributed by atoms with van der Waals surface area (Å²) in [5.74, 6) is 1.87. The van der Waals surface area contributed by atoms with Gasteiger partial charge in [0, 0.05) is 25.0 Å². The fourth-order valence-electron chi connectivity index (χ4n) is 3.26. The molecule has 1 aliphatic heterocycles. The molecule has 0 saturated carbocycles. The molecule has 0 aliphatic carbocycles. The summed E-state index contributed by atoms with van der Waals surface area (Å²) in [6, 6.07) is 7.45. The number of carbonyl (C=O) groups is 3. The zero-order chi connectivity index (χ0) is 24.0. The van der Waals surface area contributed by atoms with Crippen molar-refractivity contribution in [2.24, 2.45) is 0 Å². The monoisotopic (exact) mass is 471 g/mol. The molecule has 3 amide bonds. The Morgan fingerprint density at radius 3 is 2.73 bits per heavy atom. The van der Waals surface area contributed by atoms with Crippen LogP contribution >= 0.6 is 11.3 Å². The maximum atomic E-state index is 12.9. The van der Waals surface area contributed by atoms with Gasteiger partial charge in [-0.25, -0.2) is 4.79 Å². The first-order chi connectivity index (χ1) is 15.8. The third-order valence-electron chi connectivity index (χ3n) is 5.05. The number of thiophene rings is 1. The molecule has 33 heavy (non-hydrogen) atoms. The number of aryl methyl sites for hydroxylation is 1. The summed E-state index contributed by atoms with van der Waals surface area (Å²) in [4.78, 5) is 39.7. The second kappa shape index (κ2) is 11.0. The first kappa shape index (κ1) is 24.3. The van der Waals surface area contributed by atoms with Crippen LogP contribution in [-0.4, -0.2) is 56.9 Å². The minimum absolute atomic E-state index is 0.0474. The minimum Gasteiger partial charge on any atom is -0.399 e. The van der Waals surface area contributed by atoms with E-state index in [9.17, 15) is 14.4 Å². The molecule has 2 atom stereocenters. The number of nitrogens with one attached hydrogen (secondary N) is 2. The Bertz CT molecular complexity index is 1080. The number of hydrogen-bond donors (Lipinski definition) is 2. The second-order valence-corrected chi connectivity index (χ2v) is 8.35. The summed E-state index contributed by atoms with van der Waals surface area (Å²) < 4.78 is 15.7. The zero-order valence-corrected chi connectivity index (χ0v) is 19.4. The number of ether oxygens (including phenoxy) is 3. The number of morpholine rings is 1. The standard InChI is InChI=1S/C23H25N3O6S/c1-5-17-7-9-20(33-17)32-23(29)25-21(15(3)30-4)22(28)24-16-6-8-18(14(2)12-16)26-10-11-31-13-19(26)27/h1,6-9,12,15,21H,10-11,13H2,2-4H3,(H,24,28)(H,25,29). The average molecular weight is 472 g/mol. The quantitative estimate of drug-likeness (QED) is 0.601. The summed E-state index contributed by atoms with van der Waals surface area (Å²) in [5.41, 5.74) is 2.09. The van der Waals surface area contributed by atoms with Gasteiger partial charge in [0.25, 0.3) is 5.91 Å². The van der Waals surface area contributed by atoms with Gasteiger partial charge in [-0.05, 0) is 49.7 Å². The molecule has 1 aromatic heterocycles. The molecule has 2 aromatic rings. The highest BCUT2D eigenvalue weighted by Crippen LogP contribution is 2.26. The minimum atomic E-state index is -1.02. The van der Waals surface area contributed by atoms with E-state index in [1.54, 1.807) is 42.2 Å². The summed E-state index contributed by atoms with van der Waals surface area (Å²) in [6.45, 7) is 4.50. The van der Waals surface area contributed by atoms with Crippen molar-refractivity contribution < 1.29 is 28.6 Å². The van der Waals surface area contributed by atoms with Gasteiger partial charge in [0.05, 0.1) is 17.6 Å². The molecule has 2 heterocycles. The van der Waals surface area contributed by atoms with Crippen molar-refractivity contribution in [2.75, 3.05) is 37.1 Å². The molecule has 10 heteroatoms. The number of carbonyl (C=O) groups excluding carboxylic acids is 3. The predicted molar refractivity (Wildman–Crippen MR) is 125 cm³/mol. The maximum Gasteiger partial charge on any atom is 0.414 e. The van der Waals surface area contributed by atoms with Crippen molar-refractivity contribution in [1.29, 1.82) is 0 Å². The lowest BCUT2D eigenvalue weighted by Crippen LogP contribution is -2.51. The second-order valence-electron chi connectivity index (χ2n) is 7.30. The molecule has 0 spiro atoms. The molecule has 9 nitrogen and oxygen atoms in total. The van der Waals surface area contributed by atoms with Crippen molar-refractivity contribution in [3.63, 3.8) is 0 Å². The molecule has 0 bridgehead atoms. The lowest BCUT2D eigenvalue weighted by atomic mass is 10.1. The summed E-state index contributed by atoms with van der Waals surface area (Å²) in [5, 5.41) is 5.63. The number of rotatable bonds is 7. The van der Waals surface area contributed by atoms with Crippen LogP contribution < -0.4 is 20.3 Å². The predicted octanol–water partition coefficient (Wildman–Crippen LogP) is 2.53. The molecule has 1 aliphatic rings. The van der Waals surface area contributed by atoms with E-state index in [4.69, 9.17) is 20.6 Å². The fraction of sp³-hybridized carbons (Fsp3) is 0.348. The van der Waals surface area contributed by atoms with Crippen LogP contribution in [0.1, 0.15) is 17.4 Å². The SMILES string of the molecule is C#Cc1ccc(OC(=O)NC(C(=O)Nc2ccc(N3CCOCC3=O)c(C)c2)C(C)OC)s1. The summed E-state index contributed by atoms with van der Waals surface area (Å²) in [7, 11) is 1.44. The smallest absolute Gasteiger partial charge is 0.399 e. The largest absolute Gasteiger partial charge is 0.414 e. The van der Waals surface area contributed by atoms with Crippen molar-refractivity contribution in [3.05, 3.63) is 40.8 Å². The number of benzene rings is 1. The average Bonchev–Trinajstić information content (AvgIpc) is 3.25. The lowest BCUT2D eigenvalue weighted by Gasteiger charge is -2.28. The number of nitrogens with zero attached hydrogens (tertiary/aromatic N) is 1. The highest BCUT2D eigenvalue weighted by atomic mass is 32.1. The van der Waals surface area contributed by atoms with Crippen molar-refractivity contribution in [1.82, 2.24) is 5.32 Å². The molecular formula is C23H25N3O6S. The fourth-order valence-corrected chi connectivity index (χ4v) is 3.93. The summed E-state index contributed by atoms with van der Waals surface area (Å²) >= 11 is 1.14. The number of hydrogen-bond acceptors (Lipinski definition) is 7. The molecule has 174 valence electrons. The molecule has 1 aromatic carbocycles. The van der Waals surface area contributed by atoms with Crippen LogP contribution in [0.5, 0.6) is 5.06 Å². The zero-order valence-electron chi connectivity index (χ0n) is 18.5. The Balaban J connectivity index is 1.68. The van der Waals surface area contributed by atoms with Crippen LogP contribution in [0.25, 0.3) is 0 Å². The third-order valence-corrected chi connectivity index (χ3v) is 5.95. The molecular weight excluding hydrogens is 446 g/mol. The third kappa shape index (κ3) is 6.10. The van der Waals surface area contributed by atoms with Crippen molar-refractivity contribution in [3.8, 4) is 17.4 Å². The number of amides is 3. The van der Waals surface area contributed by atoms with E-state index in [0.29, 0.717) is 28.8 Å². The lowest BCUT2D eigenvalue weighted by molar-refractivity contribution is -0.125. The normalized spacial score (nSPS) is 15.3. The van der Waals surface area contributed by atoms with Gasteiger partial charge < -0.3 is 29.7 Å². The van der Waals surface area contributed by atoms with Gasteiger partial charge in [-0.3, -0.25) is 9.59 Å². The van der Waals surface area contributed by atoms with E-state index in [1.165, 1.54) is 7.11 Å². The Labute approximate surface area is 196 Å². The van der Waals surface area contributed by atoms with Gasteiger partial charge in [0.15, 0.2) is 5.06 Å². The molecule has 2 N–H and O–H groups in total. The van der Waals surface area contributed by atoms with Crippen molar-refractivity contribution in [2.45, 2.75) is 26.0 Å². The van der Waals surface area contributed by atoms with Gasteiger partial charge >= 0.3 is 6.09 Å². The molecule has 3 rings (SSSR count). The van der Waals surface area contributed by atoms with Crippen LogP contribution in [0.2, 0.25) is 0 Å². The first-order valence-electron chi connectivity index (χ1n) is 10.2. The Hall–Kier alpha value is -3.39. The maximum absolute atomic E-state index is 12.9.